The first-order chi connectivity index (χ1) is 12.4. The van der Waals surface area contributed by atoms with Crippen LogP contribution < -0.4 is 5.32 Å². The van der Waals surface area contributed by atoms with Crippen LogP contribution in [0.4, 0.5) is 14.9 Å². The number of aryl methyl sites for hydroxylation is 1. The molecule has 142 valence electrons. The molecule has 0 saturated carbocycles. The summed E-state index contributed by atoms with van der Waals surface area (Å²) in [5.41, 5.74) is 0.747. The standard InChI is InChI=1S/C19H26FN3O3/c1-14-5-3-6-16(15(14)2)21-18(25)23-8-4-7-19(20,13-23)17(24)22-9-11-26-12-10-22/h3,5-6H,4,7-13H2,1-2H3,(H,21,25). The topological polar surface area (TPSA) is 61.9 Å². The predicted octanol–water partition coefficient (Wildman–Crippen LogP) is 2.50. The van der Waals surface area contributed by atoms with E-state index in [0.717, 1.165) is 11.1 Å². The van der Waals surface area contributed by atoms with E-state index in [1.54, 1.807) is 0 Å². The van der Waals surface area contributed by atoms with Gasteiger partial charge in [-0.2, -0.15) is 0 Å². The van der Waals surface area contributed by atoms with Gasteiger partial charge in [0.2, 0.25) is 5.67 Å². The molecule has 0 aliphatic carbocycles. The van der Waals surface area contributed by atoms with Gasteiger partial charge in [0.05, 0.1) is 19.8 Å². The number of halogens is 1. The second kappa shape index (κ2) is 7.61. The van der Waals surface area contributed by atoms with Crippen LogP contribution in [0.1, 0.15) is 24.0 Å². The summed E-state index contributed by atoms with van der Waals surface area (Å²) in [6.45, 7) is 5.80. The number of morpholine rings is 1. The number of likely N-dealkylation sites (tertiary alicyclic amines) is 1. The molecule has 2 fully saturated rings. The van der Waals surface area contributed by atoms with E-state index in [2.05, 4.69) is 5.32 Å². The van der Waals surface area contributed by atoms with Gasteiger partial charge in [-0.3, -0.25) is 4.79 Å². The van der Waals surface area contributed by atoms with Crippen molar-refractivity contribution in [1.29, 1.82) is 0 Å². The average molecular weight is 363 g/mol. The van der Waals surface area contributed by atoms with Crippen molar-refractivity contribution < 1.29 is 18.7 Å². The van der Waals surface area contributed by atoms with Crippen molar-refractivity contribution in [2.24, 2.45) is 0 Å². The van der Waals surface area contributed by atoms with Crippen LogP contribution in [0, 0.1) is 13.8 Å². The Morgan fingerprint density at radius 2 is 1.88 bits per heavy atom. The number of urea groups is 1. The van der Waals surface area contributed by atoms with E-state index in [-0.39, 0.29) is 19.0 Å². The Bertz CT molecular complexity index is 691. The maximum absolute atomic E-state index is 15.4. The summed E-state index contributed by atoms with van der Waals surface area (Å²) in [5.74, 6) is -0.523. The van der Waals surface area contributed by atoms with Crippen molar-refractivity contribution in [3.05, 3.63) is 29.3 Å². The zero-order valence-corrected chi connectivity index (χ0v) is 15.4. The highest BCUT2D eigenvalue weighted by Crippen LogP contribution is 2.29. The van der Waals surface area contributed by atoms with Crippen molar-refractivity contribution in [2.45, 2.75) is 32.4 Å². The van der Waals surface area contributed by atoms with Gasteiger partial charge < -0.3 is 19.9 Å². The van der Waals surface area contributed by atoms with E-state index < -0.39 is 11.6 Å². The Labute approximate surface area is 153 Å². The largest absolute Gasteiger partial charge is 0.378 e. The minimum Gasteiger partial charge on any atom is -0.378 e. The van der Waals surface area contributed by atoms with Crippen molar-refractivity contribution in [1.82, 2.24) is 9.80 Å². The third kappa shape index (κ3) is 3.82. The Hall–Kier alpha value is -2.15. The number of ether oxygens (including phenoxy) is 1. The fraction of sp³-hybridized carbons (Fsp3) is 0.579. The number of piperidine rings is 1. The monoisotopic (exact) mass is 363 g/mol. The van der Waals surface area contributed by atoms with Gasteiger partial charge in [0, 0.05) is 25.3 Å². The third-order valence-electron chi connectivity index (χ3n) is 5.26. The predicted molar refractivity (Wildman–Crippen MR) is 97.0 cm³/mol. The third-order valence-corrected chi connectivity index (χ3v) is 5.26. The zero-order chi connectivity index (χ0) is 18.7. The highest BCUT2D eigenvalue weighted by molar-refractivity contribution is 5.92. The minimum atomic E-state index is -2.02. The number of hydrogen-bond acceptors (Lipinski definition) is 3. The molecule has 2 aliphatic rings. The molecule has 3 amide bonds. The Morgan fingerprint density at radius 1 is 1.15 bits per heavy atom. The SMILES string of the molecule is Cc1cccc(NC(=O)N2CCCC(F)(C(=O)N3CCOCC3)C2)c1C. The molecule has 26 heavy (non-hydrogen) atoms. The van der Waals surface area contributed by atoms with Crippen molar-refractivity contribution in [3.63, 3.8) is 0 Å². The summed E-state index contributed by atoms with van der Waals surface area (Å²) in [6.07, 6.45) is 0.614. The number of amides is 3. The average Bonchev–Trinajstić information content (AvgIpc) is 2.65. The molecule has 2 saturated heterocycles. The van der Waals surface area contributed by atoms with Crippen LogP contribution in [0.2, 0.25) is 0 Å². The molecule has 0 aromatic heterocycles. The number of carbonyl (C=O) groups excluding carboxylic acids is 2. The molecule has 1 aromatic rings. The van der Waals surface area contributed by atoms with Crippen LogP contribution >= 0.6 is 0 Å². The van der Waals surface area contributed by atoms with Crippen LogP contribution in [-0.2, 0) is 9.53 Å². The zero-order valence-electron chi connectivity index (χ0n) is 15.4. The number of benzene rings is 1. The Balaban J connectivity index is 1.68. The van der Waals surface area contributed by atoms with Gasteiger partial charge in [-0.1, -0.05) is 12.1 Å². The molecule has 1 aromatic carbocycles. The maximum Gasteiger partial charge on any atom is 0.321 e. The molecule has 0 bridgehead atoms. The summed E-state index contributed by atoms with van der Waals surface area (Å²) >= 11 is 0. The maximum atomic E-state index is 15.4. The second-order valence-corrected chi connectivity index (χ2v) is 7.07. The summed E-state index contributed by atoms with van der Waals surface area (Å²) in [4.78, 5) is 28.2. The van der Waals surface area contributed by atoms with Crippen molar-refractivity contribution in [3.8, 4) is 0 Å². The van der Waals surface area contributed by atoms with E-state index in [0.29, 0.717) is 45.0 Å². The van der Waals surface area contributed by atoms with Crippen LogP contribution in [0.25, 0.3) is 0 Å². The number of hydrogen-bond donors (Lipinski definition) is 1. The Morgan fingerprint density at radius 3 is 2.62 bits per heavy atom. The van der Waals surface area contributed by atoms with E-state index in [4.69, 9.17) is 4.74 Å². The molecule has 1 N–H and O–H groups in total. The van der Waals surface area contributed by atoms with Gasteiger partial charge in [0.15, 0.2) is 0 Å². The lowest BCUT2D eigenvalue weighted by Crippen LogP contribution is -2.58. The van der Waals surface area contributed by atoms with Crippen LogP contribution in [0.5, 0.6) is 0 Å². The molecule has 2 heterocycles. The fourth-order valence-electron chi connectivity index (χ4n) is 3.49. The van der Waals surface area contributed by atoms with Gasteiger partial charge in [-0.25, -0.2) is 9.18 Å². The molecule has 0 radical (unpaired) electrons. The normalized spacial score (nSPS) is 23.7. The molecule has 2 aliphatic heterocycles. The van der Waals surface area contributed by atoms with Crippen molar-refractivity contribution in [2.75, 3.05) is 44.7 Å². The number of alkyl halides is 1. The smallest absolute Gasteiger partial charge is 0.321 e. The highest BCUT2D eigenvalue weighted by atomic mass is 19.1. The first-order valence-corrected chi connectivity index (χ1v) is 9.09. The summed E-state index contributed by atoms with van der Waals surface area (Å²) in [6, 6.07) is 5.30. The summed E-state index contributed by atoms with van der Waals surface area (Å²) < 4.78 is 20.6. The Kier molecular flexibility index (Phi) is 5.46. The van der Waals surface area contributed by atoms with Crippen molar-refractivity contribution >= 4 is 17.6 Å². The van der Waals surface area contributed by atoms with Gasteiger partial charge >= 0.3 is 6.03 Å². The number of rotatable bonds is 2. The quantitative estimate of drug-likeness (QED) is 0.878. The number of nitrogens with zero attached hydrogens (tertiary/aromatic N) is 2. The number of nitrogens with one attached hydrogen (secondary N) is 1. The molecule has 6 nitrogen and oxygen atoms in total. The van der Waals surface area contributed by atoms with Crippen LogP contribution in [0.15, 0.2) is 18.2 Å². The summed E-state index contributed by atoms with van der Waals surface area (Å²) in [5, 5.41) is 2.85. The molecular formula is C19H26FN3O3. The molecule has 0 spiro atoms. The van der Waals surface area contributed by atoms with E-state index in [9.17, 15) is 9.59 Å². The first kappa shape index (κ1) is 18.6. The molecule has 1 unspecified atom stereocenters. The van der Waals surface area contributed by atoms with Crippen LogP contribution in [0.3, 0.4) is 0 Å². The second-order valence-electron chi connectivity index (χ2n) is 7.07. The van der Waals surface area contributed by atoms with Gasteiger partial charge in [0.1, 0.15) is 0 Å². The lowest BCUT2D eigenvalue weighted by Gasteiger charge is -2.39. The molecule has 1 atom stereocenters. The molecular weight excluding hydrogens is 337 g/mol. The lowest BCUT2D eigenvalue weighted by molar-refractivity contribution is -0.151. The van der Waals surface area contributed by atoms with E-state index in [1.807, 2.05) is 32.0 Å². The van der Waals surface area contributed by atoms with Gasteiger partial charge in [0.25, 0.3) is 5.91 Å². The first-order valence-electron chi connectivity index (χ1n) is 9.09. The number of anilines is 1. The molecule has 3 rings (SSSR count). The number of carbonyl (C=O) groups is 2. The minimum absolute atomic E-state index is 0.149. The fourth-order valence-corrected chi connectivity index (χ4v) is 3.49. The van der Waals surface area contributed by atoms with E-state index in [1.165, 1.54) is 9.80 Å². The van der Waals surface area contributed by atoms with E-state index >= 15 is 4.39 Å². The van der Waals surface area contributed by atoms with Crippen LogP contribution in [-0.4, -0.2) is 66.8 Å². The van der Waals surface area contributed by atoms with Gasteiger partial charge in [-0.05, 0) is 43.9 Å². The summed E-state index contributed by atoms with van der Waals surface area (Å²) in [7, 11) is 0. The highest BCUT2D eigenvalue weighted by Gasteiger charge is 2.46. The van der Waals surface area contributed by atoms with Gasteiger partial charge in [-0.15, -0.1) is 0 Å². The molecule has 7 heteroatoms. The lowest BCUT2D eigenvalue weighted by atomic mass is 9.93.